The summed E-state index contributed by atoms with van der Waals surface area (Å²) in [5.74, 6) is 0.565. The molecule has 7 heteroatoms. The van der Waals surface area contributed by atoms with Crippen LogP contribution in [0.2, 0.25) is 0 Å². The maximum Gasteiger partial charge on any atom is 0.206 e. The molecule has 2 atom stereocenters. The molecular weight excluding hydrogens is 342 g/mol. The molecule has 0 bridgehead atoms. The standard InChI is InChI=1S/C17H23N3O2S2/c1-2-18-16-19-20-17(24-16)23-11-13(21)10-22-15-9-5-7-12-6-3-4-8-14(12)15/h3-4,6,8,13,15,21H,2,5,7,9-11H2,1H3,(H,18,19)/t13-,15-/m0/s1. The maximum absolute atomic E-state index is 10.2. The Bertz CT molecular complexity index is 650. The normalized spacial score (nSPS) is 18.2. The minimum Gasteiger partial charge on any atom is -0.390 e. The Kier molecular flexibility index (Phi) is 6.48. The molecule has 1 heterocycles. The summed E-state index contributed by atoms with van der Waals surface area (Å²) in [5, 5.41) is 22.3. The number of aliphatic hydroxyl groups excluding tert-OH is 1. The molecular formula is C17H23N3O2S2. The van der Waals surface area contributed by atoms with E-state index in [4.69, 9.17) is 4.74 Å². The van der Waals surface area contributed by atoms with Gasteiger partial charge >= 0.3 is 0 Å². The number of benzene rings is 1. The van der Waals surface area contributed by atoms with E-state index in [0.29, 0.717) is 12.4 Å². The summed E-state index contributed by atoms with van der Waals surface area (Å²) in [6.45, 7) is 3.21. The fourth-order valence-corrected chi connectivity index (χ4v) is 4.57. The van der Waals surface area contributed by atoms with Gasteiger partial charge in [-0.25, -0.2) is 0 Å². The van der Waals surface area contributed by atoms with Gasteiger partial charge in [-0.1, -0.05) is 47.4 Å². The van der Waals surface area contributed by atoms with Crippen LogP contribution in [0.5, 0.6) is 0 Å². The average molecular weight is 366 g/mol. The molecule has 0 amide bonds. The molecule has 1 aliphatic rings. The Morgan fingerprint density at radius 2 is 2.29 bits per heavy atom. The smallest absolute Gasteiger partial charge is 0.206 e. The van der Waals surface area contributed by atoms with Gasteiger partial charge in [0.05, 0.1) is 18.8 Å². The predicted octanol–water partition coefficient (Wildman–Crippen LogP) is 3.52. The van der Waals surface area contributed by atoms with Crippen LogP contribution in [0, 0.1) is 0 Å². The van der Waals surface area contributed by atoms with Gasteiger partial charge in [0.2, 0.25) is 5.13 Å². The zero-order chi connectivity index (χ0) is 16.8. The van der Waals surface area contributed by atoms with Crippen molar-refractivity contribution >= 4 is 28.2 Å². The largest absolute Gasteiger partial charge is 0.390 e. The number of thioether (sulfide) groups is 1. The number of aryl methyl sites for hydroxylation is 1. The van der Waals surface area contributed by atoms with E-state index in [1.54, 1.807) is 0 Å². The average Bonchev–Trinajstić information content (AvgIpc) is 3.06. The van der Waals surface area contributed by atoms with Gasteiger partial charge in [-0.2, -0.15) is 0 Å². The highest BCUT2D eigenvalue weighted by Crippen LogP contribution is 2.32. The number of aliphatic hydroxyl groups is 1. The highest BCUT2D eigenvalue weighted by molar-refractivity contribution is 8.01. The van der Waals surface area contributed by atoms with Gasteiger partial charge in [0.25, 0.3) is 0 Å². The molecule has 130 valence electrons. The molecule has 0 aliphatic heterocycles. The van der Waals surface area contributed by atoms with Crippen LogP contribution in [0.4, 0.5) is 5.13 Å². The number of nitrogens with zero attached hydrogens (tertiary/aromatic N) is 2. The van der Waals surface area contributed by atoms with E-state index in [1.807, 2.05) is 6.92 Å². The topological polar surface area (TPSA) is 67.3 Å². The summed E-state index contributed by atoms with van der Waals surface area (Å²) in [6.07, 6.45) is 2.90. The Morgan fingerprint density at radius 1 is 1.42 bits per heavy atom. The van der Waals surface area contributed by atoms with E-state index in [1.165, 1.54) is 34.2 Å². The molecule has 0 unspecified atom stereocenters. The summed E-state index contributed by atoms with van der Waals surface area (Å²) < 4.78 is 6.86. The Labute approximate surface area is 150 Å². The van der Waals surface area contributed by atoms with E-state index in [-0.39, 0.29) is 6.10 Å². The van der Waals surface area contributed by atoms with Crippen LogP contribution < -0.4 is 5.32 Å². The molecule has 2 aromatic rings. The van der Waals surface area contributed by atoms with Crippen molar-refractivity contribution < 1.29 is 9.84 Å². The van der Waals surface area contributed by atoms with Crippen LogP contribution in [0.3, 0.4) is 0 Å². The second-order valence-corrected chi connectivity index (χ2v) is 8.03. The number of rotatable bonds is 8. The summed E-state index contributed by atoms with van der Waals surface area (Å²) in [6, 6.07) is 8.46. The number of aromatic nitrogens is 2. The van der Waals surface area contributed by atoms with Gasteiger partial charge < -0.3 is 15.2 Å². The first-order valence-electron chi connectivity index (χ1n) is 8.34. The predicted molar refractivity (Wildman–Crippen MR) is 98.9 cm³/mol. The molecule has 0 saturated carbocycles. The van der Waals surface area contributed by atoms with Gasteiger partial charge in [0, 0.05) is 12.3 Å². The lowest BCUT2D eigenvalue weighted by molar-refractivity contribution is -0.00959. The number of ether oxygens (including phenoxy) is 1. The maximum atomic E-state index is 10.2. The third-order valence-electron chi connectivity index (χ3n) is 3.94. The van der Waals surface area contributed by atoms with E-state index in [9.17, 15) is 5.11 Å². The summed E-state index contributed by atoms with van der Waals surface area (Å²) >= 11 is 3.04. The van der Waals surface area contributed by atoms with Crippen LogP contribution >= 0.6 is 23.1 Å². The molecule has 3 rings (SSSR count). The lowest BCUT2D eigenvalue weighted by atomic mass is 9.89. The Balaban J connectivity index is 1.45. The van der Waals surface area contributed by atoms with Gasteiger partial charge in [0.1, 0.15) is 0 Å². The van der Waals surface area contributed by atoms with Crippen molar-refractivity contribution in [2.75, 3.05) is 24.2 Å². The summed E-state index contributed by atoms with van der Waals surface area (Å²) in [4.78, 5) is 0. The van der Waals surface area contributed by atoms with Gasteiger partial charge in [-0.05, 0) is 37.3 Å². The van der Waals surface area contributed by atoms with Crippen LogP contribution in [0.25, 0.3) is 0 Å². The zero-order valence-corrected chi connectivity index (χ0v) is 15.4. The van der Waals surface area contributed by atoms with Crippen LogP contribution in [0.1, 0.15) is 37.0 Å². The van der Waals surface area contributed by atoms with E-state index >= 15 is 0 Å². The summed E-state index contributed by atoms with van der Waals surface area (Å²) in [5.41, 5.74) is 2.66. The Hall–Kier alpha value is -1.15. The van der Waals surface area contributed by atoms with Gasteiger partial charge in [0.15, 0.2) is 4.34 Å². The van der Waals surface area contributed by atoms with E-state index < -0.39 is 6.10 Å². The first-order valence-corrected chi connectivity index (χ1v) is 10.1. The number of nitrogens with one attached hydrogen (secondary N) is 1. The highest BCUT2D eigenvalue weighted by atomic mass is 32.2. The first kappa shape index (κ1) is 17.7. The van der Waals surface area contributed by atoms with Crippen molar-refractivity contribution in [2.24, 2.45) is 0 Å². The molecule has 0 spiro atoms. The third kappa shape index (κ3) is 4.69. The molecule has 2 N–H and O–H groups in total. The molecule has 1 aliphatic carbocycles. The van der Waals surface area contributed by atoms with E-state index in [2.05, 4.69) is 39.8 Å². The fourth-order valence-electron chi connectivity index (χ4n) is 2.82. The number of hydrogen-bond acceptors (Lipinski definition) is 7. The molecule has 1 aromatic heterocycles. The summed E-state index contributed by atoms with van der Waals surface area (Å²) in [7, 11) is 0. The third-order valence-corrected chi connectivity index (χ3v) is 6.10. The molecule has 0 radical (unpaired) electrons. The zero-order valence-electron chi connectivity index (χ0n) is 13.8. The highest BCUT2D eigenvalue weighted by Gasteiger charge is 2.21. The SMILES string of the molecule is CCNc1nnc(SC[C@@H](O)CO[C@H]2CCCc3ccccc32)s1. The van der Waals surface area contributed by atoms with Crippen LogP contribution in [-0.4, -0.2) is 40.3 Å². The van der Waals surface area contributed by atoms with Crippen molar-refractivity contribution in [3.05, 3.63) is 35.4 Å². The van der Waals surface area contributed by atoms with Crippen molar-refractivity contribution in [3.8, 4) is 0 Å². The molecule has 24 heavy (non-hydrogen) atoms. The first-order chi connectivity index (χ1) is 11.8. The van der Waals surface area contributed by atoms with Crippen LogP contribution in [0.15, 0.2) is 28.6 Å². The lowest BCUT2D eigenvalue weighted by Gasteiger charge is -2.26. The molecule has 0 saturated heterocycles. The molecule has 1 aromatic carbocycles. The number of fused-ring (bicyclic) bond motifs is 1. The van der Waals surface area contributed by atoms with E-state index in [0.717, 1.165) is 35.3 Å². The number of anilines is 1. The minimum absolute atomic E-state index is 0.108. The van der Waals surface area contributed by atoms with Gasteiger partial charge in [-0.15, -0.1) is 10.2 Å². The molecule has 5 nitrogen and oxygen atoms in total. The van der Waals surface area contributed by atoms with Gasteiger partial charge in [-0.3, -0.25) is 0 Å². The Morgan fingerprint density at radius 3 is 3.17 bits per heavy atom. The van der Waals surface area contributed by atoms with Crippen molar-refractivity contribution in [1.29, 1.82) is 0 Å². The lowest BCUT2D eigenvalue weighted by Crippen LogP contribution is -2.22. The second-order valence-electron chi connectivity index (χ2n) is 5.78. The van der Waals surface area contributed by atoms with Crippen molar-refractivity contribution in [2.45, 2.75) is 42.7 Å². The van der Waals surface area contributed by atoms with Crippen molar-refractivity contribution in [3.63, 3.8) is 0 Å². The van der Waals surface area contributed by atoms with Crippen molar-refractivity contribution in [1.82, 2.24) is 10.2 Å². The molecule has 0 fully saturated rings. The monoisotopic (exact) mass is 365 g/mol. The fraction of sp³-hybridized carbons (Fsp3) is 0.529. The number of hydrogen-bond donors (Lipinski definition) is 2. The van der Waals surface area contributed by atoms with Crippen LogP contribution in [-0.2, 0) is 11.2 Å². The quantitative estimate of drug-likeness (QED) is 0.698. The second kappa shape index (κ2) is 8.80. The minimum atomic E-state index is -0.504.